The molecular formula is C25H30N4O6. The lowest BCUT2D eigenvalue weighted by atomic mass is 9.84. The number of anilines is 1. The first-order chi connectivity index (χ1) is 16.5. The average Bonchev–Trinajstić information content (AvgIpc) is 2.82. The number of nitriles is 1. The monoisotopic (exact) mass is 482 g/mol. The first kappa shape index (κ1) is 26.1. The summed E-state index contributed by atoms with van der Waals surface area (Å²) in [5.74, 6) is -1.47. The van der Waals surface area contributed by atoms with Crippen molar-refractivity contribution in [2.24, 2.45) is 11.5 Å². The standard InChI is InChI=1S/C25H30N4O6/c1-24(2,32)9-11-34-20-6-4-3-5-19(20)29-10-12-35-21(22(29)30)25(33,23(28)31)18-8-7-16(14-26)17(13-18)15-27/h3-8,13,21,32-33H,9-12,15,27H2,1-2H3,(H2,28,31)/t21-,25+/m0/s1. The van der Waals surface area contributed by atoms with Gasteiger partial charge in [0.05, 0.1) is 36.1 Å². The molecule has 0 radical (unpaired) electrons. The number of rotatable bonds is 9. The normalized spacial score (nSPS) is 18.0. The topological polar surface area (TPSA) is 172 Å². The van der Waals surface area contributed by atoms with Crippen LogP contribution in [-0.4, -0.2) is 53.5 Å². The van der Waals surface area contributed by atoms with Gasteiger partial charge in [-0.05, 0) is 49.2 Å². The minimum Gasteiger partial charge on any atom is -0.491 e. The zero-order valence-electron chi connectivity index (χ0n) is 19.7. The van der Waals surface area contributed by atoms with Crippen molar-refractivity contribution in [2.45, 2.75) is 44.1 Å². The fourth-order valence-electron chi connectivity index (χ4n) is 3.87. The lowest BCUT2D eigenvalue weighted by molar-refractivity contribution is -0.171. The van der Waals surface area contributed by atoms with Crippen LogP contribution in [0.4, 0.5) is 5.69 Å². The molecule has 0 spiro atoms. The molecule has 2 atom stereocenters. The Kier molecular flexibility index (Phi) is 7.77. The molecule has 3 rings (SSSR count). The molecule has 0 saturated carbocycles. The van der Waals surface area contributed by atoms with E-state index >= 15 is 0 Å². The van der Waals surface area contributed by atoms with Crippen LogP contribution in [0.2, 0.25) is 0 Å². The summed E-state index contributed by atoms with van der Waals surface area (Å²) < 4.78 is 11.4. The number of nitrogens with zero attached hydrogens (tertiary/aromatic N) is 2. The summed E-state index contributed by atoms with van der Waals surface area (Å²) in [6.07, 6.45) is -1.28. The molecule has 1 aliphatic heterocycles. The van der Waals surface area contributed by atoms with Crippen LogP contribution in [0.1, 0.15) is 37.0 Å². The molecule has 2 aromatic rings. The van der Waals surface area contributed by atoms with E-state index in [9.17, 15) is 25.1 Å². The molecule has 0 bridgehead atoms. The summed E-state index contributed by atoms with van der Waals surface area (Å²) >= 11 is 0. The number of carbonyl (C=O) groups excluding carboxylic acids is 2. The zero-order chi connectivity index (χ0) is 25.8. The fourth-order valence-corrected chi connectivity index (χ4v) is 3.87. The van der Waals surface area contributed by atoms with Crippen molar-refractivity contribution in [3.63, 3.8) is 0 Å². The van der Waals surface area contributed by atoms with Gasteiger partial charge >= 0.3 is 0 Å². The van der Waals surface area contributed by atoms with Gasteiger partial charge in [0.15, 0.2) is 6.10 Å². The Balaban J connectivity index is 1.96. The molecule has 35 heavy (non-hydrogen) atoms. The van der Waals surface area contributed by atoms with Gasteiger partial charge in [-0.1, -0.05) is 18.2 Å². The Hall–Kier alpha value is -3.49. The van der Waals surface area contributed by atoms with E-state index in [2.05, 4.69) is 0 Å². The molecule has 0 aliphatic carbocycles. The highest BCUT2D eigenvalue weighted by atomic mass is 16.5. The molecule has 0 unspecified atom stereocenters. The number of para-hydroxylation sites is 2. The Labute approximate surface area is 203 Å². The average molecular weight is 483 g/mol. The molecule has 10 heteroatoms. The quantitative estimate of drug-likeness (QED) is 0.403. The number of amides is 2. The van der Waals surface area contributed by atoms with Crippen molar-refractivity contribution in [1.82, 2.24) is 0 Å². The minimum atomic E-state index is -2.51. The predicted molar refractivity (Wildman–Crippen MR) is 127 cm³/mol. The van der Waals surface area contributed by atoms with E-state index in [1.807, 2.05) is 6.07 Å². The smallest absolute Gasteiger partial charge is 0.260 e. The third-order valence-corrected chi connectivity index (χ3v) is 5.86. The number of ether oxygens (including phenoxy) is 2. The number of primary amides is 1. The van der Waals surface area contributed by atoms with Crippen LogP contribution in [0.25, 0.3) is 0 Å². The van der Waals surface area contributed by atoms with Crippen LogP contribution in [0.3, 0.4) is 0 Å². The number of nitrogens with two attached hydrogens (primary N) is 2. The molecule has 1 heterocycles. The minimum absolute atomic E-state index is 0.000590. The molecule has 1 aliphatic rings. The van der Waals surface area contributed by atoms with E-state index in [1.165, 1.54) is 23.1 Å². The van der Waals surface area contributed by atoms with Crippen molar-refractivity contribution in [3.05, 3.63) is 59.2 Å². The predicted octanol–water partition coefficient (Wildman–Crippen LogP) is 0.662. The second kappa shape index (κ2) is 10.4. The molecule has 2 amide bonds. The van der Waals surface area contributed by atoms with Crippen LogP contribution >= 0.6 is 0 Å². The van der Waals surface area contributed by atoms with Crippen molar-refractivity contribution in [3.8, 4) is 11.8 Å². The Morgan fingerprint density at radius 1 is 1.29 bits per heavy atom. The third kappa shape index (κ3) is 5.44. The molecule has 10 nitrogen and oxygen atoms in total. The van der Waals surface area contributed by atoms with E-state index in [-0.39, 0.29) is 37.4 Å². The summed E-state index contributed by atoms with van der Waals surface area (Å²) in [4.78, 5) is 27.5. The molecule has 1 fully saturated rings. The van der Waals surface area contributed by atoms with E-state index in [4.69, 9.17) is 20.9 Å². The summed E-state index contributed by atoms with van der Waals surface area (Å²) in [7, 11) is 0. The fraction of sp³-hybridized carbons (Fsp3) is 0.400. The highest BCUT2D eigenvalue weighted by molar-refractivity contribution is 6.03. The van der Waals surface area contributed by atoms with Crippen molar-refractivity contribution < 1.29 is 29.3 Å². The number of morpholine rings is 1. The lowest BCUT2D eigenvalue weighted by Gasteiger charge is -2.40. The van der Waals surface area contributed by atoms with Gasteiger partial charge in [-0.25, -0.2) is 0 Å². The Bertz CT molecular complexity index is 1140. The van der Waals surface area contributed by atoms with Crippen LogP contribution in [0.5, 0.6) is 5.75 Å². The first-order valence-corrected chi connectivity index (χ1v) is 11.2. The highest BCUT2D eigenvalue weighted by Gasteiger charge is 2.52. The van der Waals surface area contributed by atoms with Crippen molar-refractivity contribution in [1.29, 1.82) is 5.26 Å². The number of carbonyl (C=O) groups is 2. The SMILES string of the molecule is CC(C)(O)CCOc1ccccc1N1CCO[C@H]([C@@](O)(C(N)=O)c2ccc(C#N)c(CN)c2)C1=O. The summed E-state index contributed by atoms with van der Waals surface area (Å²) in [5, 5.41) is 30.7. The van der Waals surface area contributed by atoms with Crippen LogP contribution in [-0.2, 0) is 26.5 Å². The van der Waals surface area contributed by atoms with Crippen molar-refractivity contribution >= 4 is 17.5 Å². The van der Waals surface area contributed by atoms with Crippen LogP contribution < -0.4 is 21.1 Å². The van der Waals surface area contributed by atoms with Crippen LogP contribution in [0, 0.1) is 11.3 Å². The lowest BCUT2D eigenvalue weighted by Crippen LogP contribution is -2.61. The van der Waals surface area contributed by atoms with E-state index < -0.39 is 29.1 Å². The van der Waals surface area contributed by atoms with E-state index in [0.29, 0.717) is 23.4 Å². The van der Waals surface area contributed by atoms with Crippen molar-refractivity contribution in [2.75, 3.05) is 24.7 Å². The van der Waals surface area contributed by atoms with Gasteiger partial charge in [-0.15, -0.1) is 0 Å². The van der Waals surface area contributed by atoms with Gasteiger partial charge in [0.25, 0.3) is 11.8 Å². The molecule has 1 saturated heterocycles. The summed E-state index contributed by atoms with van der Waals surface area (Å²) in [5.41, 5.74) is 8.97. The highest BCUT2D eigenvalue weighted by Crippen LogP contribution is 2.36. The number of hydrogen-bond donors (Lipinski definition) is 4. The number of hydrogen-bond acceptors (Lipinski definition) is 8. The van der Waals surface area contributed by atoms with E-state index in [0.717, 1.165) is 0 Å². The summed E-state index contributed by atoms with van der Waals surface area (Å²) in [6.45, 7) is 3.69. The largest absolute Gasteiger partial charge is 0.491 e. The van der Waals surface area contributed by atoms with Gasteiger partial charge < -0.3 is 36.1 Å². The molecular weight excluding hydrogens is 452 g/mol. The van der Waals surface area contributed by atoms with Gasteiger partial charge in [0, 0.05) is 19.5 Å². The maximum Gasteiger partial charge on any atom is 0.260 e. The van der Waals surface area contributed by atoms with Gasteiger partial charge in [0.1, 0.15) is 5.75 Å². The third-order valence-electron chi connectivity index (χ3n) is 5.86. The number of aliphatic hydroxyl groups is 2. The molecule has 2 aromatic carbocycles. The Morgan fingerprint density at radius 2 is 2.00 bits per heavy atom. The molecule has 6 N–H and O–H groups in total. The first-order valence-electron chi connectivity index (χ1n) is 11.2. The number of benzene rings is 2. The summed E-state index contributed by atoms with van der Waals surface area (Å²) in [6, 6.07) is 13.0. The Morgan fingerprint density at radius 3 is 2.63 bits per heavy atom. The second-order valence-corrected chi connectivity index (χ2v) is 8.94. The maximum atomic E-state index is 13.6. The molecule has 0 aromatic heterocycles. The van der Waals surface area contributed by atoms with Gasteiger partial charge in [-0.2, -0.15) is 5.26 Å². The van der Waals surface area contributed by atoms with E-state index in [1.54, 1.807) is 38.1 Å². The second-order valence-electron chi connectivity index (χ2n) is 8.94. The zero-order valence-corrected chi connectivity index (χ0v) is 19.7. The van der Waals surface area contributed by atoms with Crippen LogP contribution in [0.15, 0.2) is 42.5 Å². The molecule has 186 valence electrons. The van der Waals surface area contributed by atoms with Gasteiger partial charge in [0.2, 0.25) is 5.60 Å². The maximum absolute atomic E-state index is 13.6. The van der Waals surface area contributed by atoms with Gasteiger partial charge in [-0.3, -0.25) is 9.59 Å².